The van der Waals surface area contributed by atoms with Gasteiger partial charge in [-0.3, -0.25) is 4.79 Å². The first-order valence-electron chi connectivity index (χ1n) is 7.35. The van der Waals surface area contributed by atoms with Gasteiger partial charge >= 0.3 is 0 Å². The summed E-state index contributed by atoms with van der Waals surface area (Å²) in [7, 11) is 1.57. The van der Waals surface area contributed by atoms with Gasteiger partial charge in [-0.2, -0.15) is 0 Å². The number of halogens is 1. The van der Waals surface area contributed by atoms with Crippen LogP contribution in [0.5, 0.6) is 5.75 Å². The summed E-state index contributed by atoms with van der Waals surface area (Å²) in [5.74, 6) is 0.490. The molecule has 0 aliphatic heterocycles. The number of nitrogens with one attached hydrogen (secondary N) is 2. The summed E-state index contributed by atoms with van der Waals surface area (Å²) in [6, 6.07) is 9.55. The number of rotatable bonds is 5. The van der Waals surface area contributed by atoms with Crippen LogP contribution in [0, 0.1) is 20.8 Å². The minimum absolute atomic E-state index is 0.121. The van der Waals surface area contributed by atoms with Gasteiger partial charge in [0.1, 0.15) is 5.75 Å². The van der Waals surface area contributed by atoms with Gasteiger partial charge in [0.15, 0.2) is 0 Å². The molecule has 0 unspecified atom stereocenters. The molecule has 4 nitrogen and oxygen atoms in total. The summed E-state index contributed by atoms with van der Waals surface area (Å²) in [5.41, 5.74) is 4.69. The molecule has 0 heterocycles. The molecule has 5 heteroatoms. The third kappa shape index (κ3) is 4.63. The molecule has 2 N–H and O–H groups in total. The molecule has 1 amide bonds. The number of amides is 1. The van der Waals surface area contributed by atoms with Crippen LogP contribution in [0.4, 0.5) is 11.4 Å². The highest BCUT2D eigenvalue weighted by molar-refractivity contribution is 6.31. The standard InChI is InChI=1S/C18H21ClN2O2/c1-11-5-12(2)7-14(6-11)21-18(22)10-20-16-8-13(3)15(19)9-17(16)23-4/h5-9,20H,10H2,1-4H3,(H,21,22). The molecule has 2 aromatic carbocycles. The second-order valence-corrected chi connectivity index (χ2v) is 5.99. The molecule has 23 heavy (non-hydrogen) atoms. The number of anilines is 2. The molecule has 2 rings (SSSR count). The van der Waals surface area contributed by atoms with E-state index in [0.29, 0.717) is 10.8 Å². The van der Waals surface area contributed by atoms with Gasteiger partial charge in [-0.25, -0.2) is 0 Å². The summed E-state index contributed by atoms with van der Waals surface area (Å²) >= 11 is 6.08. The van der Waals surface area contributed by atoms with E-state index >= 15 is 0 Å². The number of methoxy groups -OCH3 is 1. The molecular weight excluding hydrogens is 312 g/mol. The van der Waals surface area contributed by atoms with Gasteiger partial charge in [-0.1, -0.05) is 17.7 Å². The minimum Gasteiger partial charge on any atom is -0.495 e. The summed E-state index contributed by atoms with van der Waals surface area (Å²) in [5, 5.41) is 6.61. The quantitative estimate of drug-likeness (QED) is 0.857. The maximum Gasteiger partial charge on any atom is 0.243 e. The number of ether oxygens (including phenoxy) is 1. The number of carbonyl (C=O) groups excluding carboxylic acids is 1. The van der Waals surface area contributed by atoms with E-state index in [1.807, 2.05) is 39.0 Å². The van der Waals surface area contributed by atoms with Gasteiger partial charge in [0.2, 0.25) is 5.91 Å². The highest BCUT2D eigenvalue weighted by atomic mass is 35.5. The van der Waals surface area contributed by atoms with Gasteiger partial charge in [-0.15, -0.1) is 0 Å². The van der Waals surface area contributed by atoms with Crippen molar-refractivity contribution in [1.82, 2.24) is 0 Å². The molecular formula is C18H21ClN2O2. The Morgan fingerprint density at radius 3 is 2.35 bits per heavy atom. The number of aryl methyl sites for hydroxylation is 3. The Kier molecular flexibility index (Phi) is 5.50. The highest BCUT2D eigenvalue weighted by Crippen LogP contribution is 2.30. The van der Waals surface area contributed by atoms with Crippen molar-refractivity contribution in [2.45, 2.75) is 20.8 Å². The fraction of sp³-hybridized carbons (Fsp3) is 0.278. The van der Waals surface area contributed by atoms with E-state index in [1.165, 1.54) is 0 Å². The summed E-state index contributed by atoms with van der Waals surface area (Å²) < 4.78 is 5.28. The Morgan fingerprint density at radius 2 is 1.74 bits per heavy atom. The second-order valence-electron chi connectivity index (χ2n) is 5.58. The molecule has 0 aromatic heterocycles. The SMILES string of the molecule is COc1cc(Cl)c(C)cc1NCC(=O)Nc1cc(C)cc(C)c1. The zero-order chi connectivity index (χ0) is 17.0. The first-order valence-corrected chi connectivity index (χ1v) is 7.73. The van der Waals surface area contributed by atoms with Crippen LogP contribution in [-0.2, 0) is 4.79 Å². The van der Waals surface area contributed by atoms with Crippen LogP contribution in [0.25, 0.3) is 0 Å². The molecule has 0 fully saturated rings. The second kappa shape index (κ2) is 7.38. The van der Waals surface area contributed by atoms with Crippen LogP contribution in [0.3, 0.4) is 0 Å². The van der Waals surface area contributed by atoms with Gasteiger partial charge in [0.05, 0.1) is 19.3 Å². The average molecular weight is 333 g/mol. The van der Waals surface area contributed by atoms with Crippen LogP contribution in [-0.4, -0.2) is 19.6 Å². The molecule has 0 bridgehead atoms. The van der Waals surface area contributed by atoms with Gasteiger partial charge < -0.3 is 15.4 Å². The fourth-order valence-corrected chi connectivity index (χ4v) is 2.55. The largest absolute Gasteiger partial charge is 0.495 e. The van der Waals surface area contributed by atoms with Crippen LogP contribution < -0.4 is 15.4 Å². The number of benzene rings is 2. The molecule has 2 aromatic rings. The number of hydrogen-bond donors (Lipinski definition) is 2. The van der Waals surface area contributed by atoms with Crippen LogP contribution in [0.2, 0.25) is 5.02 Å². The van der Waals surface area contributed by atoms with Crippen LogP contribution in [0.15, 0.2) is 30.3 Å². The highest BCUT2D eigenvalue weighted by Gasteiger charge is 2.09. The molecule has 122 valence electrons. The Labute approximate surface area is 141 Å². The molecule has 0 atom stereocenters. The van der Waals surface area contributed by atoms with Crippen molar-refractivity contribution in [1.29, 1.82) is 0 Å². The minimum atomic E-state index is -0.121. The predicted octanol–water partition coefficient (Wildman–Crippen LogP) is 4.32. The molecule has 0 radical (unpaired) electrons. The smallest absolute Gasteiger partial charge is 0.243 e. The van der Waals surface area contributed by atoms with Gasteiger partial charge in [0.25, 0.3) is 0 Å². The zero-order valence-corrected chi connectivity index (χ0v) is 14.5. The Balaban J connectivity index is 2.03. The van der Waals surface area contributed by atoms with E-state index in [4.69, 9.17) is 16.3 Å². The average Bonchev–Trinajstić information content (AvgIpc) is 2.47. The van der Waals surface area contributed by atoms with Crippen molar-refractivity contribution in [3.8, 4) is 5.75 Å². The van der Waals surface area contributed by atoms with Crippen molar-refractivity contribution in [2.75, 3.05) is 24.3 Å². The lowest BCUT2D eigenvalue weighted by molar-refractivity contribution is -0.114. The van der Waals surface area contributed by atoms with Crippen molar-refractivity contribution >= 4 is 28.9 Å². The van der Waals surface area contributed by atoms with Crippen molar-refractivity contribution in [3.05, 3.63) is 52.0 Å². The summed E-state index contributed by atoms with van der Waals surface area (Å²) in [4.78, 5) is 12.1. The maximum absolute atomic E-state index is 12.1. The van der Waals surface area contributed by atoms with E-state index in [9.17, 15) is 4.79 Å². The van der Waals surface area contributed by atoms with E-state index in [1.54, 1.807) is 13.2 Å². The number of hydrogen-bond acceptors (Lipinski definition) is 3. The number of carbonyl (C=O) groups is 1. The van der Waals surface area contributed by atoms with Gasteiger partial charge in [-0.05, 0) is 55.7 Å². The normalized spacial score (nSPS) is 10.3. The van der Waals surface area contributed by atoms with Crippen LogP contribution in [0.1, 0.15) is 16.7 Å². The summed E-state index contributed by atoms with van der Waals surface area (Å²) in [6.07, 6.45) is 0. The van der Waals surface area contributed by atoms with E-state index < -0.39 is 0 Å². The monoisotopic (exact) mass is 332 g/mol. The van der Waals surface area contributed by atoms with E-state index in [0.717, 1.165) is 28.1 Å². The zero-order valence-electron chi connectivity index (χ0n) is 13.8. The van der Waals surface area contributed by atoms with E-state index in [-0.39, 0.29) is 12.5 Å². The Morgan fingerprint density at radius 1 is 1.09 bits per heavy atom. The topological polar surface area (TPSA) is 50.4 Å². The lowest BCUT2D eigenvalue weighted by Gasteiger charge is -2.13. The predicted molar refractivity (Wildman–Crippen MR) is 95.8 cm³/mol. The first kappa shape index (κ1) is 17.2. The molecule has 0 aliphatic carbocycles. The Bertz CT molecular complexity index is 709. The lowest BCUT2D eigenvalue weighted by atomic mass is 10.1. The van der Waals surface area contributed by atoms with Crippen molar-refractivity contribution in [3.63, 3.8) is 0 Å². The third-order valence-electron chi connectivity index (χ3n) is 3.43. The molecule has 0 saturated carbocycles. The van der Waals surface area contributed by atoms with Gasteiger partial charge in [0, 0.05) is 16.8 Å². The molecule has 0 spiro atoms. The summed E-state index contributed by atoms with van der Waals surface area (Å²) in [6.45, 7) is 6.05. The Hall–Kier alpha value is -2.20. The van der Waals surface area contributed by atoms with Crippen molar-refractivity contribution in [2.24, 2.45) is 0 Å². The van der Waals surface area contributed by atoms with E-state index in [2.05, 4.69) is 16.7 Å². The lowest BCUT2D eigenvalue weighted by Crippen LogP contribution is -2.22. The first-order chi connectivity index (χ1) is 10.9. The molecule has 0 aliphatic rings. The third-order valence-corrected chi connectivity index (χ3v) is 3.83. The molecule has 0 saturated heterocycles. The van der Waals surface area contributed by atoms with Crippen molar-refractivity contribution < 1.29 is 9.53 Å². The van der Waals surface area contributed by atoms with Crippen LogP contribution >= 0.6 is 11.6 Å². The fourth-order valence-electron chi connectivity index (χ4n) is 2.40. The maximum atomic E-state index is 12.1.